The second-order valence-electron chi connectivity index (χ2n) is 2.36. The molecule has 0 aliphatic heterocycles. The van der Waals surface area contributed by atoms with Gasteiger partial charge in [-0.3, -0.25) is 4.72 Å². The van der Waals surface area contributed by atoms with Crippen LogP contribution in [0.3, 0.4) is 0 Å². The molecular weight excluding hydrogens is 263 g/mol. The molecule has 9 heteroatoms. The normalized spacial score (nSPS) is 10.7. The molecule has 0 spiro atoms. The third-order valence-electron chi connectivity index (χ3n) is 1.18. The van der Waals surface area contributed by atoms with E-state index in [0.29, 0.717) is 0 Å². The molecule has 0 aliphatic carbocycles. The van der Waals surface area contributed by atoms with Crippen LogP contribution >= 0.6 is 23.2 Å². The van der Waals surface area contributed by atoms with E-state index in [-0.39, 0.29) is 16.3 Å². The lowest BCUT2D eigenvalue weighted by Gasteiger charge is -2.03. The molecule has 0 fully saturated rings. The summed E-state index contributed by atoms with van der Waals surface area (Å²) in [6, 6.07) is 2.68. The van der Waals surface area contributed by atoms with Gasteiger partial charge in [-0.15, -0.1) is 0 Å². The van der Waals surface area contributed by atoms with Gasteiger partial charge in [-0.2, -0.15) is 10.2 Å². The van der Waals surface area contributed by atoms with Gasteiger partial charge in [0.15, 0.2) is 5.75 Å². The Morgan fingerprint density at radius 1 is 1.47 bits per heavy atom. The summed E-state index contributed by atoms with van der Waals surface area (Å²) >= 11 is 11.0. The molecule has 6 nitrogen and oxygen atoms in total. The van der Waals surface area contributed by atoms with Crippen LogP contribution in [0.4, 0.5) is 5.82 Å². The number of hydrogen-bond donors (Lipinski definition) is 1. The molecule has 0 bridgehead atoms. The Bertz CT molecular complexity index is 490. The van der Waals surface area contributed by atoms with Gasteiger partial charge in [-0.1, -0.05) is 11.6 Å². The van der Waals surface area contributed by atoms with Crippen LogP contribution in [0.15, 0.2) is 6.07 Å². The monoisotopic (exact) mass is 266 g/mol. The van der Waals surface area contributed by atoms with Crippen molar-refractivity contribution in [3.8, 4) is 6.07 Å². The van der Waals surface area contributed by atoms with Gasteiger partial charge in [0.25, 0.3) is 0 Å². The molecule has 0 radical (unpaired) electrons. The number of sulfonamides is 1. The highest BCUT2D eigenvalue weighted by molar-refractivity contribution is 7.92. The molecule has 0 saturated heterocycles. The minimum Gasteiger partial charge on any atom is -0.266 e. The largest absolute Gasteiger partial charge is 0.266 e. The smallest absolute Gasteiger partial charge is 0.247 e. The van der Waals surface area contributed by atoms with Gasteiger partial charge in [-0.05, 0) is 11.6 Å². The molecule has 0 aliphatic rings. The van der Waals surface area contributed by atoms with Crippen molar-refractivity contribution in [2.45, 2.75) is 0 Å². The van der Waals surface area contributed by atoms with E-state index >= 15 is 0 Å². The van der Waals surface area contributed by atoms with Crippen molar-refractivity contribution in [1.29, 1.82) is 5.26 Å². The van der Waals surface area contributed by atoms with E-state index in [9.17, 15) is 8.42 Å². The second kappa shape index (κ2) is 4.61. The SMILES string of the molecule is N#CCS(=O)(=O)Nc1cc(Cl)nc(Cl)n1. The Kier molecular flexibility index (Phi) is 3.68. The Balaban J connectivity index is 2.96. The third kappa shape index (κ3) is 3.87. The van der Waals surface area contributed by atoms with E-state index in [0.717, 1.165) is 0 Å². The fraction of sp³-hybridized carbons (Fsp3) is 0.167. The molecule has 0 unspecified atom stereocenters. The molecule has 1 N–H and O–H groups in total. The fourth-order valence-corrected chi connectivity index (χ4v) is 1.80. The maximum Gasteiger partial charge on any atom is 0.247 e. The predicted octanol–water partition coefficient (Wildman–Crippen LogP) is 1.05. The summed E-state index contributed by atoms with van der Waals surface area (Å²) in [7, 11) is -3.74. The van der Waals surface area contributed by atoms with Crippen molar-refractivity contribution in [2.24, 2.45) is 0 Å². The van der Waals surface area contributed by atoms with E-state index in [1.165, 1.54) is 12.1 Å². The zero-order chi connectivity index (χ0) is 11.5. The van der Waals surface area contributed by atoms with Gasteiger partial charge in [0, 0.05) is 6.07 Å². The van der Waals surface area contributed by atoms with Crippen LogP contribution in [-0.2, 0) is 10.0 Å². The first-order valence-corrected chi connectivity index (χ1v) is 5.91. The van der Waals surface area contributed by atoms with Gasteiger partial charge >= 0.3 is 0 Å². The number of rotatable bonds is 3. The number of hydrogen-bond acceptors (Lipinski definition) is 5. The molecule has 1 aromatic rings. The van der Waals surface area contributed by atoms with Crippen molar-refractivity contribution in [1.82, 2.24) is 9.97 Å². The zero-order valence-corrected chi connectivity index (χ0v) is 9.44. The quantitative estimate of drug-likeness (QED) is 0.652. The summed E-state index contributed by atoms with van der Waals surface area (Å²) in [5.74, 6) is -0.748. The number of halogens is 2. The molecule has 80 valence electrons. The summed E-state index contributed by atoms with van der Waals surface area (Å²) < 4.78 is 24.3. The molecular formula is C6H4Cl2N4O2S. The number of nitrogens with zero attached hydrogens (tertiary/aromatic N) is 3. The minimum absolute atomic E-state index is 0.00431. The summed E-state index contributed by atoms with van der Waals surface area (Å²) in [5.41, 5.74) is 0. The third-order valence-corrected chi connectivity index (χ3v) is 2.57. The van der Waals surface area contributed by atoms with Crippen LogP contribution in [0, 0.1) is 11.3 Å². The van der Waals surface area contributed by atoms with Gasteiger partial charge in [-0.25, -0.2) is 13.4 Å². The maximum absolute atomic E-state index is 11.1. The molecule has 1 rings (SSSR count). The second-order valence-corrected chi connectivity index (χ2v) is 4.81. The number of nitrogens with one attached hydrogen (secondary N) is 1. The zero-order valence-electron chi connectivity index (χ0n) is 7.11. The number of nitriles is 1. The lowest BCUT2D eigenvalue weighted by atomic mass is 10.6. The Labute approximate surface area is 95.9 Å². The molecule has 0 amide bonds. The maximum atomic E-state index is 11.1. The van der Waals surface area contributed by atoms with E-state index in [1.807, 2.05) is 4.72 Å². The first kappa shape index (κ1) is 12.0. The van der Waals surface area contributed by atoms with Crippen LogP contribution in [0.2, 0.25) is 10.4 Å². The van der Waals surface area contributed by atoms with Crippen molar-refractivity contribution in [3.63, 3.8) is 0 Å². The van der Waals surface area contributed by atoms with E-state index in [1.54, 1.807) is 0 Å². The summed E-state index contributed by atoms with van der Waals surface area (Å²) in [4.78, 5) is 7.10. The average molecular weight is 267 g/mol. The van der Waals surface area contributed by atoms with Crippen molar-refractivity contribution >= 4 is 39.0 Å². The standard InChI is InChI=1S/C6H4Cl2N4O2S/c7-4-3-5(11-6(8)10-4)12-15(13,14)2-1-9/h3H,2H2,(H,10,11,12). The molecule has 0 aromatic carbocycles. The summed E-state index contributed by atoms with van der Waals surface area (Å²) in [6.45, 7) is 0. The van der Waals surface area contributed by atoms with Crippen LogP contribution in [0.1, 0.15) is 0 Å². The molecule has 15 heavy (non-hydrogen) atoms. The fourth-order valence-electron chi connectivity index (χ4n) is 0.723. The van der Waals surface area contributed by atoms with Crippen LogP contribution in [-0.4, -0.2) is 24.1 Å². The Hall–Kier alpha value is -1.10. The molecule has 0 saturated carbocycles. The minimum atomic E-state index is -3.74. The van der Waals surface area contributed by atoms with Crippen molar-refractivity contribution in [3.05, 3.63) is 16.5 Å². The highest BCUT2D eigenvalue weighted by atomic mass is 35.5. The molecule has 1 aromatic heterocycles. The average Bonchev–Trinajstić information content (AvgIpc) is 1.99. The van der Waals surface area contributed by atoms with Gasteiger partial charge in [0.05, 0.1) is 6.07 Å². The van der Waals surface area contributed by atoms with Crippen LogP contribution in [0.25, 0.3) is 0 Å². The van der Waals surface area contributed by atoms with Crippen LogP contribution < -0.4 is 4.72 Å². The molecule has 0 atom stereocenters. The van der Waals surface area contributed by atoms with E-state index in [2.05, 4.69) is 9.97 Å². The lowest BCUT2D eigenvalue weighted by Crippen LogP contribution is -2.16. The first-order valence-electron chi connectivity index (χ1n) is 3.50. The van der Waals surface area contributed by atoms with Crippen LogP contribution in [0.5, 0.6) is 0 Å². The number of anilines is 1. The Morgan fingerprint density at radius 2 is 2.13 bits per heavy atom. The summed E-state index contributed by atoms with van der Waals surface area (Å²) in [6.07, 6.45) is 0. The van der Waals surface area contributed by atoms with Crippen molar-refractivity contribution < 1.29 is 8.42 Å². The molecule has 1 heterocycles. The first-order chi connectivity index (χ1) is 6.93. The number of aromatic nitrogens is 2. The highest BCUT2D eigenvalue weighted by Gasteiger charge is 2.11. The predicted molar refractivity (Wildman–Crippen MR) is 55.1 cm³/mol. The van der Waals surface area contributed by atoms with Gasteiger partial charge < -0.3 is 0 Å². The van der Waals surface area contributed by atoms with E-state index in [4.69, 9.17) is 28.5 Å². The van der Waals surface area contributed by atoms with Gasteiger partial charge in [0.1, 0.15) is 11.0 Å². The highest BCUT2D eigenvalue weighted by Crippen LogP contribution is 2.15. The topological polar surface area (TPSA) is 95.7 Å². The lowest BCUT2D eigenvalue weighted by molar-refractivity contribution is 0.604. The Morgan fingerprint density at radius 3 is 2.67 bits per heavy atom. The summed E-state index contributed by atoms with van der Waals surface area (Å²) in [5, 5.41) is 8.06. The van der Waals surface area contributed by atoms with Crippen molar-refractivity contribution in [2.75, 3.05) is 10.5 Å². The van der Waals surface area contributed by atoms with Gasteiger partial charge in [0.2, 0.25) is 15.3 Å². The van der Waals surface area contributed by atoms with E-state index < -0.39 is 15.8 Å².